The van der Waals surface area contributed by atoms with Crippen LogP contribution < -0.4 is 5.56 Å². The zero-order valence-electron chi connectivity index (χ0n) is 15.9. The lowest BCUT2D eigenvalue weighted by molar-refractivity contribution is 0.0593. The summed E-state index contributed by atoms with van der Waals surface area (Å²) in [6.07, 6.45) is 2.85. The van der Waals surface area contributed by atoms with Gasteiger partial charge in [0.1, 0.15) is 0 Å². The molecule has 0 N–H and O–H groups in total. The van der Waals surface area contributed by atoms with Gasteiger partial charge in [0.05, 0.1) is 12.8 Å². The Balaban J connectivity index is 0.00000126. The van der Waals surface area contributed by atoms with Gasteiger partial charge < -0.3 is 4.74 Å². The molecule has 0 amide bonds. The zero-order chi connectivity index (χ0) is 20.1. The van der Waals surface area contributed by atoms with Gasteiger partial charge in [0.15, 0.2) is 17.3 Å². The minimum absolute atomic E-state index is 0.0267. The number of rotatable bonds is 3. The van der Waals surface area contributed by atoms with E-state index in [4.69, 9.17) is 0 Å². The Kier molecular flexibility index (Phi) is 6.23. The number of carbonyl (C=O) groups is 1. The molecule has 0 saturated heterocycles. The lowest BCUT2D eigenvalue weighted by Crippen LogP contribution is -2.22. The van der Waals surface area contributed by atoms with Crippen molar-refractivity contribution >= 4 is 5.97 Å². The maximum atomic E-state index is 15.2. The maximum Gasteiger partial charge on any atom is 0.358 e. The highest BCUT2D eigenvalue weighted by atomic mass is 19.1. The Morgan fingerprint density at radius 2 is 1.89 bits per heavy atom. The highest BCUT2D eigenvalue weighted by Gasteiger charge is 2.19. The smallest absolute Gasteiger partial charge is 0.358 e. The van der Waals surface area contributed by atoms with Crippen molar-refractivity contribution < 1.29 is 13.9 Å². The molecular formula is C19H21FN4O3. The van der Waals surface area contributed by atoms with Crippen molar-refractivity contribution in [2.24, 2.45) is 0 Å². The van der Waals surface area contributed by atoms with Gasteiger partial charge in [-0.2, -0.15) is 5.10 Å². The molecule has 3 aromatic rings. The number of esters is 1. The third-order valence-electron chi connectivity index (χ3n) is 3.73. The fourth-order valence-corrected chi connectivity index (χ4v) is 2.52. The van der Waals surface area contributed by atoms with E-state index in [1.807, 2.05) is 13.8 Å². The summed E-state index contributed by atoms with van der Waals surface area (Å²) in [7, 11) is 1.23. The molecule has 0 unspecified atom stereocenters. The van der Waals surface area contributed by atoms with E-state index >= 15 is 4.39 Å². The molecule has 3 aromatic heterocycles. The minimum Gasteiger partial charge on any atom is -0.464 e. The second-order valence-electron chi connectivity index (χ2n) is 5.41. The summed E-state index contributed by atoms with van der Waals surface area (Å²) < 4.78 is 22.2. The number of aromatic nitrogens is 4. The summed E-state index contributed by atoms with van der Waals surface area (Å²) in [5, 5.41) is 3.97. The van der Waals surface area contributed by atoms with Gasteiger partial charge in [0.25, 0.3) is 5.56 Å². The van der Waals surface area contributed by atoms with Crippen molar-refractivity contribution in [3.05, 3.63) is 69.8 Å². The SMILES string of the molecule is CC.COC(=O)c1ccn(-c2ncc(C)c(-n3c(C)cccc3=O)c2F)n1. The van der Waals surface area contributed by atoms with Crippen LogP contribution in [-0.2, 0) is 4.74 Å². The Hall–Kier alpha value is -3.29. The summed E-state index contributed by atoms with van der Waals surface area (Å²) in [4.78, 5) is 27.8. The Labute approximate surface area is 156 Å². The van der Waals surface area contributed by atoms with Gasteiger partial charge in [0.2, 0.25) is 0 Å². The summed E-state index contributed by atoms with van der Waals surface area (Å²) in [5.41, 5.74) is 0.859. The van der Waals surface area contributed by atoms with E-state index in [1.165, 1.54) is 36.2 Å². The quantitative estimate of drug-likeness (QED) is 0.661. The first-order valence-electron chi connectivity index (χ1n) is 8.42. The number of nitrogens with zero attached hydrogens (tertiary/aromatic N) is 4. The Bertz CT molecular complexity index is 1020. The Morgan fingerprint density at radius 1 is 1.19 bits per heavy atom. The molecule has 0 radical (unpaired) electrons. The summed E-state index contributed by atoms with van der Waals surface area (Å²) >= 11 is 0. The van der Waals surface area contributed by atoms with Crippen LogP contribution >= 0.6 is 0 Å². The van der Waals surface area contributed by atoms with Crippen molar-refractivity contribution in [3.63, 3.8) is 0 Å². The van der Waals surface area contributed by atoms with Gasteiger partial charge in [0, 0.05) is 24.2 Å². The number of ether oxygens (including phenoxy) is 1. The first-order chi connectivity index (χ1) is 12.9. The number of pyridine rings is 2. The summed E-state index contributed by atoms with van der Waals surface area (Å²) in [6, 6.07) is 6.07. The predicted molar refractivity (Wildman–Crippen MR) is 99.1 cm³/mol. The molecule has 0 aromatic carbocycles. The van der Waals surface area contributed by atoms with Gasteiger partial charge in [-0.1, -0.05) is 19.9 Å². The van der Waals surface area contributed by atoms with Gasteiger partial charge in [-0.3, -0.25) is 9.36 Å². The normalized spacial score (nSPS) is 10.1. The van der Waals surface area contributed by atoms with Crippen LogP contribution in [0.2, 0.25) is 0 Å². The van der Waals surface area contributed by atoms with Gasteiger partial charge in [-0.15, -0.1) is 0 Å². The number of hydrogen-bond acceptors (Lipinski definition) is 5. The molecule has 3 rings (SSSR count). The van der Waals surface area contributed by atoms with Crippen LogP contribution in [0.1, 0.15) is 35.6 Å². The summed E-state index contributed by atoms with van der Waals surface area (Å²) in [6.45, 7) is 7.38. The first-order valence-corrected chi connectivity index (χ1v) is 8.42. The van der Waals surface area contributed by atoms with Crippen molar-refractivity contribution in [2.75, 3.05) is 7.11 Å². The molecule has 142 valence electrons. The number of methoxy groups -OCH3 is 1. The average molecular weight is 372 g/mol. The van der Waals surface area contributed by atoms with Gasteiger partial charge in [-0.05, 0) is 31.5 Å². The molecule has 0 aliphatic heterocycles. The largest absolute Gasteiger partial charge is 0.464 e. The highest BCUT2D eigenvalue weighted by Crippen LogP contribution is 2.22. The third-order valence-corrected chi connectivity index (χ3v) is 3.73. The monoisotopic (exact) mass is 372 g/mol. The second-order valence-corrected chi connectivity index (χ2v) is 5.41. The van der Waals surface area contributed by atoms with Crippen LogP contribution in [0.3, 0.4) is 0 Å². The number of hydrogen-bond donors (Lipinski definition) is 0. The van der Waals surface area contributed by atoms with Crippen LogP contribution in [0.25, 0.3) is 11.5 Å². The van der Waals surface area contributed by atoms with E-state index < -0.39 is 11.8 Å². The van der Waals surface area contributed by atoms with Crippen LogP contribution in [-0.4, -0.2) is 32.4 Å². The van der Waals surface area contributed by atoms with E-state index in [0.29, 0.717) is 11.3 Å². The third kappa shape index (κ3) is 3.79. The predicted octanol–water partition coefficient (Wildman–Crippen LogP) is 2.99. The lowest BCUT2D eigenvalue weighted by Gasteiger charge is -2.15. The lowest BCUT2D eigenvalue weighted by atomic mass is 10.2. The van der Waals surface area contributed by atoms with E-state index in [9.17, 15) is 9.59 Å². The number of halogens is 1. The van der Waals surface area contributed by atoms with Crippen LogP contribution in [0.5, 0.6) is 0 Å². The molecule has 7 nitrogen and oxygen atoms in total. The molecule has 27 heavy (non-hydrogen) atoms. The average Bonchev–Trinajstić information content (AvgIpc) is 3.15. The molecule has 0 bridgehead atoms. The number of aryl methyl sites for hydroxylation is 2. The molecule has 0 fully saturated rings. The fraction of sp³-hybridized carbons (Fsp3) is 0.263. The molecule has 0 atom stereocenters. The molecule has 0 saturated carbocycles. The van der Waals surface area contributed by atoms with Crippen molar-refractivity contribution in [2.45, 2.75) is 27.7 Å². The van der Waals surface area contributed by atoms with Crippen molar-refractivity contribution in [1.29, 1.82) is 0 Å². The van der Waals surface area contributed by atoms with Gasteiger partial charge in [-0.25, -0.2) is 18.9 Å². The van der Waals surface area contributed by atoms with Crippen molar-refractivity contribution in [3.8, 4) is 11.5 Å². The molecule has 3 heterocycles. The molecular weight excluding hydrogens is 351 g/mol. The van der Waals surface area contributed by atoms with E-state index in [2.05, 4.69) is 14.8 Å². The molecule has 0 aliphatic carbocycles. The molecule has 8 heteroatoms. The van der Waals surface area contributed by atoms with E-state index in [1.54, 1.807) is 26.0 Å². The number of carbonyl (C=O) groups excluding carboxylic acids is 1. The fourth-order valence-electron chi connectivity index (χ4n) is 2.52. The zero-order valence-corrected chi connectivity index (χ0v) is 15.9. The van der Waals surface area contributed by atoms with Crippen molar-refractivity contribution in [1.82, 2.24) is 19.3 Å². The van der Waals surface area contributed by atoms with Gasteiger partial charge >= 0.3 is 5.97 Å². The summed E-state index contributed by atoms with van der Waals surface area (Å²) in [5.74, 6) is -1.47. The second kappa shape index (κ2) is 8.39. The maximum absolute atomic E-state index is 15.2. The van der Waals surface area contributed by atoms with Crippen LogP contribution in [0.15, 0.2) is 41.5 Å². The van der Waals surface area contributed by atoms with E-state index in [-0.39, 0.29) is 22.8 Å². The standard InChI is InChI=1S/C17H15FN4O3.C2H6/c1-10-9-19-16(21-8-7-12(20-21)17(24)25-3)14(18)15(10)22-11(2)5-4-6-13(22)23;1-2/h4-9H,1-3H3;1-2H3. The topological polar surface area (TPSA) is 79.0 Å². The Morgan fingerprint density at radius 3 is 2.52 bits per heavy atom. The first kappa shape index (κ1) is 20.0. The highest BCUT2D eigenvalue weighted by molar-refractivity contribution is 5.86. The molecule has 0 spiro atoms. The van der Waals surface area contributed by atoms with Crippen LogP contribution in [0, 0.1) is 19.7 Å². The van der Waals surface area contributed by atoms with E-state index in [0.717, 1.165) is 4.68 Å². The van der Waals surface area contributed by atoms with Crippen LogP contribution in [0.4, 0.5) is 4.39 Å². The molecule has 0 aliphatic rings. The minimum atomic E-state index is -0.712.